The van der Waals surface area contributed by atoms with E-state index in [1.165, 1.54) is 19.3 Å². The van der Waals surface area contributed by atoms with Crippen molar-refractivity contribution in [3.05, 3.63) is 11.7 Å². The van der Waals surface area contributed by atoms with Gasteiger partial charge in [0.1, 0.15) is 6.10 Å². The molecule has 3 unspecified atom stereocenters. The molecule has 5 nitrogen and oxygen atoms in total. The molecule has 0 spiro atoms. The number of nitrogens with zero attached hydrogens (tertiary/aromatic N) is 2. The molecule has 0 aliphatic heterocycles. The highest BCUT2D eigenvalue weighted by Crippen LogP contribution is 2.42. The topological polar surface area (TPSA) is 68.4 Å². The summed E-state index contributed by atoms with van der Waals surface area (Å²) >= 11 is 0. The monoisotopic (exact) mass is 266 g/mol. The lowest BCUT2D eigenvalue weighted by Crippen LogP contribution is -2.26. The van der Waals surface area contributed by atoms with Crippen LogP contribution in [0.25, 0.3) is 0 Å². The molecule has 2 aliphatic carbocycles. The highest BCUT2D eigenvalue weighted by atomic mass is 16.5. The summed E-state index contributed by atoms with van der Waals surface area (Å²) in [6.07, 6.45) is 7.08. The number of methoxy groups -OCH3 is 1. The zero-order valence-corrected chi connectivity index (χ0v) is 11.4. The summed E-state index contributed by atoms with van der Waals surface area (Å²) in [5.74, 6) is 2.13. The first-order chi connectivity index (χ1) is 9.28. The van der Waals surface area contributed by atoms with Crippen LogP contribution in [-0.4, -0.2) is 28.5 Å². The van der Waals surface area contributed by atoms with Crippen LogP contribution in [0.2, 0.25) is 0 Å². The van der Waals surface area contributed by atoms with Gasteiger partial charge in [0.05, 0.1) is 6.10 Å². The fourth-order valence-electron chi connectivity index (χ4n) is 3.02. The largest absolute Gasteiger partial charge is 0.393 e. The van der Waals surface area contributed by atoms with Crippen LogP contribution in [0.1, 0.15) is 56.3 Å². The number of aromatic nitrogens is 2. The number of rotatable bonds is 5. The van der Waals surface area contributed by atoms with Gasteiger partial charge in [-0.3, -0.25) is 0 Å². The first-order valence-electron chi connectivity index (χ1n) is 7.31. The molecule has 0 aromatic carbocycles. The molecule has 0 saturated heterocycles. The Kier molecular flexibility index (Phi) is 3.84. The van der Waals surface area contributed by atoms with Gasteiger partial charge < -0.3 is 14.4 Å². The van der Waals surface area contributed by atoms with Gasteiger partial charge >= 0.3 is 0 Å². The molecule has 3 rings (SSSR count). The van der Waals surface area contributed by atoms with E-state index in [1.807, 2.05) is 0 Å². The van der Waals surface area contributed by atoms with Crippen molar-refractivity contribution >= 4 is 0 Å². The van der Waals surface area contributed by atoms with Crippen molar-refractivity contribution in [2.24, 2.45) is 11.8 Å². The van der Waals surface area contributed by atoms with E-state index < -0.39 is 0 Å². The molecule has 1 aromatic heterocycles. The normalized spacial score (nSPS) is 29.4. The van der Waals surface area contributed by atoms with Crippen LogP contribution >= 0.6 is 0 Å². The molecular formula is C14H22N2O3. The Hall–Kier alpha value is -0.940. The van der Waals surface area contributed by atoms with Crippen molar-refractivity contribution in [1.82, 2.24) is 10.1 Å². The molecule has 3 atom stereocenters. The van der Waals surface area contributed by atoms with Crippen LogP contribution in [0.4, 0.5) is 0 Å². The van der Waals surface area contributed by atoms with Crippen LogP contribution in [0.5, 0.6) is 0 Å². The van der Waals surface area contributed by atoms with Crippen LogP contribution in [0, 0.1) is 11.8 Å². The molecule has 2 fully saturated rings. The second kappa shape index (κ2) is 5.59. The van der Waals surface area contributed by atoms with E-state index in [0.717, 1.165) is 19.3 Å². The van der Waals surface area contributed by atoms with E-state index in [-0.39, 0.29) is 18.1 Å². The number of ether oxygens (including phenoxy) is 1. The molecule has 1 heterocycles. The van der Waals surface area contributed by atoms with Crippen molar-refractivity contribution in [1.29, 1.82) is 0 Å². The minimum atomic E-state index is -0.217. The average molecular weight is 266 g/mol. The molecule has 19 heavy (non-hydrogen) atoms. The third-order valence-electron chi connectivity index (χ3n) is 4.35. The molecule has 2 aliphatic rings. The van der Waals surface area contributed by atoms with Crippen LogP contribution < -0.4 is 0 Å². The van der Waals surface area contributed by atoms with Gasteiger partial charge in [-0.05, 0) is 37.5 Å². The van der Waals surface area contributed by atoms with Gasteiger partial charge in [-0.15, -0.1) is 0 Å². The van der Waals surface area contributed by atoms with E-state index >= 15 is 0 Å². The third-order valence-corrected chi connectivity index (χ3v) is 4.35. The van der Waals surface area contributed by atoms with E-state index in [0.29, 0.717) is 24.1 Å². The van der Waals surface area contributed by atoms with Crippen LogP contribution in [0.15, 0.2) is 4.52 Å². The third kappa shape index (κ3) is 2.98. The second-order valence-corrected chi connectivity index (χ2v) is 5.86. The zero-order valence-electron chi connectivity index (χ0n) is 11.4. The van der Waals surface area contributed by atoms with Crippen molar-refractivity contribution < 1.29 is 14.4 Å². The lowest BCUT2D eigenvalue weighted by atomic mass is 9.84. The smallest absolute Gasteiger partial charge is 0.227 e. The first kappa shape index (κ1) is 13.1. The second-order valence-electron chi connectivity index (χ2n) is 5.86. The SMILES string of the molecule is COC(c1noc(CC2CCCCC2O)n1)C1CC1. The number of hydrogen-bond acceptors (Lipinski definition) is 5. The summed E-state index contributed by atoms with van der Waals surface area (Å²) in [5, 5.41) is 14.0. The Labute approximate surface area is 113 Å². The van der Waals surface area contributed by atoms with Crippen LogP contribution in [0.3, 0.4) is 0 Å². The average Bonchev–Trinajstić information content (AvgIpc) is 3.14. The molecule has 2 saturated carbocycles. The fourth-order valence-corrected chi connectivity index (χ4v) is 3.02. The first-order valence-corrected chi connectivity index (χ1v) is 7.31. The van der Waals surface area contributed by atoms with Gasteiger partial charge in [0.15, 0.2) is 0 Å². The van der Waals surface area contributed by atoms with Gasteiger partial charge in [-0.1, -0.05) is 18.0 Å². The molecule has 5 heteroatoms. The molecule has 0 radical (unpaired) electrons. The van der Waals surface area contributed by atoms with Crippen molar-refractivity contribution in [3.8, 4) is 0 Å². The zero-order chi connectivity index (χ0) is 13.2. The van der Waals surface area contributed by atoms with E-state index in [4.69, 9.17) is 9.26 Å². The van der Waals surface area contributed by atoms with Crippen molar-refractivity contribution in [2.75, 3.05) is 7.11 Å². The quantitative estimate of drug-likeness (QED) is 0.885. The Balaban J connectivity index is 1.63. The van der Waals surface area contributed by atoms with Gasteiger partial charge in [-0.2, -0.15) is 4.98 Å². The van der Waals surface area contributed by atoms with Crippen molar-refractivity contribution in [2.45, 2.75) is 57.2 Å². The lowest BCUT2D eigenvalue weighted by Gasteiger charge is -2.26. The molecule has 0 bridgehead atoms. The predicted octanol–water partition coefficient (Wildman–Crippen LogP) is 2.26. The van der Waals surface area contributed by atoms with E-state index in [1.54, 1.807) is 7.11 Å². The van der Waals surface area contributed by atoms with Crippen LogP contribution in [-0.2, 0) is 11.2 Å². The van der Waals surface area contributed by atoms with Gasteiger partial charge in [0.2, 0.25) is 11.7 Å². The standard InChI is InChI=1S/C14H22N2O3/c1-18-13(9-6-7-9)14-15-12(19-16-14)8-10-4-2-3-5-11(10)17/h9-11,13,17H,2-8H2,1H3. The highest BCUT2D eigenvalue weighted by Gasteiger charge is 2.36. The number of aliphatic hydroxyl groups excluding tert-OH is 1. The Morgan fingerprint density at radius 1 is 1.32 bits per heavy atom. The minimum Gasteiger partial charge on any atom is -0.393 e. The maximum atomic E-state index is 9.98. The fraction of sp³-hybridized carbons (Fsp3) is 0.857. The maximum absolute atomic E-state index is 9.98. The molecule has 106 valence electrons. The van der Waals surface area contributed by atoms with E-state index in [9.17, 15) is 5.11 Å². The summed E-state index contributed by atoms with van der Waals surface area (Å²) in [5.41, 5.74) is 0. The summed E-state index contributed by atoms with van der Waals surface area (Å²) in [7, 11) is 1.70. The molecule has 1 aromatic rings. The number of aliphatic hydroxyl groups is 1. The van der Waals surface area contributed by atoms with Gasteiger partial charge in [0, 0.05) is 13.5 Å². The predicted molar refractivity (Wildman–Crippen MR) is 68.4 cm³/mol. The highest BCUT2D eigenvalue weighted by molar-refractivity contribution is 4.99. The number of hydrogen-bond donors (Lipinski definition) is 1. The maximum Gasteiger partial charge on any atom is 0.227 e. The van der Waals surface area contributed by atoms with Crippen molar-refractivity contribution in [3.63, 3.8) is 0 Å². The summed E-state index contributed by atoms with van der Waals surface area (Å²) in [4.78, 5) is 4.46. The van der Waals surface area contributed by atoms with Gasteiger partial charge in [-0.25, -0.2) is 0 Å². The summed E-state index contributed by atoms with van der Waals surface area (Å²) < 4.78 is 10.8. The molecule has 0 amide bonds. The molecule has 1 N–H and O–H groups in total. The Morgan fingerprint density at radius 2 is 2.11 bits per heavy atom. The van der Waals surface area contributed by atoms with E-state index in [2.05, 4.69) is 10.1 Å². The molecular weight excluding hydrogens is 244 g/mol. The van der Waals surface area contributed by atoms with Gasteiger partial charge in [0.25, 0.3) is 0 Å². The Bertz CT molecular complexity index is 417. The Morgan fingerprint density at radius 3 is 2.79 bits per heavy atom. The minimum absolute atomic E-state index is 0.0196. The summed E-state index contributed by atoms with van der Waals surface area (Å²) in [6, 6.07) is 0. The summed E-state index contributed by atoms with van der Waals surface area (Å²) in [6.45, 7) is 0. The lowest BCUT2D eigenvalue weighted by molar-refractivity contribution is 0.0656.